The lowest BCUT2D eigenvalue weighted by Crippen LogP contribution is -2.46. The van der Waals surface area contributed by atoms with Crippen molar-refractivity contribution in [2.75, 3.05) is 6.54 Å². The minimum atomic E-state index is -0.570. The van der Waals surface area contributed by atoms with Crippen LogP contribution in [0, 0.1) is 10.1 Å². The normalized spacial score (nSPS) is 20.8. The molecule has 2 N–H and O–H groups in total. The van der Waals surface area contributed by atoms with Crippen LogP contribution in [0.15, 0.2) is 36.7 Å². The lowest BCUT2D eigenvalue weighted by atomic mass is 9.88. The van der Waals surface area contributed by atoms with Crippen molar-refractivity contribution < 1.29 is 14.8 Å². The molecule has 1 saturated heterocycles. The molecule has 2 atom stereocenters. The summed E-state index contributed by atoms with van der Waals surface area (Å²) in [5.74, 6) is -0.267. The summed E-state index contributed by atoms with van der Waals surface area (Å²) >= 11 is 0. The Morgan fingerprint density at radius 2 is 2.18 bits per heavy atom. The molecule has 1 aliphatic carbocycles. The third-order valence-corrected chi connectivity index (χ3v) is 5.97. The standard InChI is InChI=1S/C20H18N4O4/c25-19-9-14-12(8-18(19)24(27)28)7-17-13(14)2-1-5-23(17)20(26)11-3-4-15-16(6-11)22-10-21-15/h3-4,6,8-10,13,17,25H,1-2,5,7H2,(H,21,22)/t13-,17+/m0/s1. The van der Waals surface area contributed by atoms with E-state index in [1.54, 1.807) is 18.5 Å². The summed E-state index contributed by atoms with van der Waals surface area (Å²) < 4.78 is 0. The smallest absolute Gasteiger partial charge is 0.310 e. The number of carbonyl (C=O) groups excluding carboxylic acids is 1. The molecule has 1 aliphatic heterocycles. The molecule has 2 heterocycles. The van der Waals surface area contributed by atoms with Crippen LogP contribution in [0.2, 0.25) is 0 Å². The fourth-order valence-electron chi connectivity index (χ4n) is 4.68. The van der Waals surface area contributed by atoms with Crippen molar-refractivity contribution in [2.45, 2.75) is 31.2 Å². The number of aromatic nitrogens is 2. The van der Waals surface area contributed by atoms with Crippen molar-refractivity contribution in [3.05, 3.63) is 63.5 Å². The summed E-state index contributed by atoms with van der Waals surface area (Å²) in [6.07, 6.45) is 3.92. The number of H-pyrrole nitrogens is 1. The van der Waals surface area contributed by atoms with Crippen molar-refractivity contribution in [1.82, 2.24) is 14.9 Å². The number of hydrogen-bond donors (Lipinski definition) is 2. The molecule has 1 aromatic heterocycles. The van der Waals surface area contributed by atoms with Gasteiger partial charge in [0.15, 0.2) is 5.75 Å². The number of phenols is 1. The zero-order valence-electron chi connectivity index (χ0n) is 15.0. The van der Waals surface area contributed by atoms with Gasteiger partial charge in [-0.25, -0.2) is 4.98 Å². The van der Waals surface area contributed by atoms with Crippen LogP contribution in [0.4, 0.5) is 5.69 Å². The zero-order chi connectivity index (χ0) is 19.4. The molecule has 1 amide bonds. The minimum Gasteiger partial charge on any atom is -0.502 e. The molecule has 0 saturated carbocycles. The lowest BCUT2D eigenvalue weighted by Gasteiger charge is -2.38. The Bertz CT molecular complexity index is 1120. The number of benzene rings is 2. The van der Waals surface area contributed by atoms with Crippen molar-refractivity contribution in [3.8, 4) is 5.75 Å². The fraction of sp³-hybridized carbons (Fsp3) is 0.300. The van der Waals surface area contributed by atoms with E-state index in [1.165, 1.54) is 12.1 Å². The van der Waals surface area contributed by atoms with Gasteiger partial charge in [-0.1, -0.05) is 0 Å². The number of nitro benzene ring substituents is 1. The number of piperidine rings is 1. The number of rotatable bonds is 2. The van der Waals surface area contributed by atoms with Crippen LogP contribution in [0.1, 0.15) is 40.2 Å². The van der Waals surface area contributed by atoms with E-state index in [-0.39, 0.29) is 29.3 Å². The fourth-order valence-corrected chi connectivity index (χ4v) is 4.68. The summed E-state index contributed by atoms with van der Waals surface area (Å²) in [7, 11) is 0. The first-order valence-corrected chi connectivity index (χ1v) is 9.27. The average molecular weight is 378 g/mol. The maximum Gasteiger partial charge on any atom is 0.310 e. The molecule has 5 rings (SSSR count). The Hall–Kier alpha value is -3.42. The number of nitrogens with one attached hydrogen (secondary N) is 1. The van der Waals surface area contributed by atoms with Crippen LogP contribution in [-0.2, 0) is 6.42 Å². The molecule has 0 bridgehead atoms. The van der Waals surface area contributed by atoms with Crippen LogP contribution < -0.4 is 0 Å². The van der Waals surface area contributed by atoms with E-state index in [4.69, 9.17) is 0 Å². The van der Waals surface area contributed by atoms with Gasteiger partial charge < -0.3 is 15.0 Å². The average Bonchev–Trinajstić information content (AvgIpc) is 3.29. The number of aromatic hydroxyl groups is 1. The van der Waals surface area contributed by atoms with Gasteiger partial charge in [-0.3, -0.25) is 14.9 Å². The molecular formula is C20H18N4O4. The van der Waals surface area contributed by atoms with Crippen LogP contribution in [0.25, 0.3) is 11.0 Å². The molecular weight excluding hydrogens is 360 g/mol. The van der Waals surface area contributed by atoms with Crippen LogP contribution in [0.3, 0.4) is 0 Å². The van der Waals surface area contributed by atoms with Gasteiger partial charge in [-0.2, -0.15) is 0 Å². The Kier molecular flexibility index (Phi) is 3.61. The molecule has 1 fully saturated rings. The number of nitrogens with zero attached hydrogens (tertiary/aromatic N) is 3. The number of nitro groups is 1. The van der Waals surface area contributed by atoms with Crippen LogP contribution in [-0.4, -0.2) is 43.4 Å². The summed E-state index contributed by atoms with van der Waals surface area (Å²) in [5, 5.41) is 21.2. The second-order valence-electron chi connectivity index (χ2n) is 7.45. The molecule has 8 nitrogen and oxygen atoms in total. The summed E-state index contributed by atoms with van der Waals surface area (Å²) in [6.45, 7) is 0.653. The molecule has 2 aliphatic rings. The van der Waals surface area contributed by atoms with E-state index in [9.17, 15) is 20.0 Å². The first-order chi connectivity index (χ1) is 13.5. The van der Waals surface area contributed by atoms with E-state index in [0.717, 1.165) is 35.0 Å². The molecule has 0 spiro atoms. The van der Waals surface area contributed by atoms with Gasteiger partial charge in [-0.05, 0) is 54.7 Å². The Labute approximate surface area is 160 Å². The zero-order valence-corrected chi connectivity index (χ0v) is 15.0. The Morgan fingerprint density at radius 3 is 3.00 bits per heavy atom. The van der Waals surface area contributed by atoms with Gasteiger partial charge in [0, 0.05) is 30.1 Å². The molecule has 8 heteroatoms. The van der Waals surface area contributed by atoms with Gasteiger partial charge in [0.1, 0.15) is 0 Å². The van der Waals surface area contributed by atoms with Gasteiger partial charge in [-0.15, -0.1) is 0 Å². The largest absolute Gasteiger partial charge is 0.502 e. The number of amides is 1. The van der Waals surface area contributed by atoms with Crippen molar-refractivity contribution >= 4 is 22.6 Å². The Balaban J connectivity index is 1.49. The topological polar surface area (TPSA) is 112 Å². The van der Waals surface area contributed by atoms with Gasteiger partial charge in [0.25, 0.3) is 5.91 Å². The highest BCUT2D eigenvalue weighted by Gasteiger charge is 2.42. The number of fused-ring (bicyclic) bond motifs is 4. The lowest BCUT2D eigenvalue weighted by molar-refractivity contribution is -0.385. The van der Waals surface area contributed by atoms with E-state index in [1.807, 2.05) is 11.0 Å². The predicted octanol–water partition coefficient (Wildman–Crippen LogP) is 3.12. The van der Waals surface area contributed by atoms with Gasteiger partial charge in [0.05, 0.1) is 22.3 Å². The highest BCUT2D eigenvalue weighted by atomic mass is 16.6. The number of phenolic OH excluding ortho intramolecular Hbond substituents is 1. The maximum absolute atomic E-state index is 13.2. The van der Waals surface area contributed by atoms with Gasteiger partial charge in [0.2, 0.25) is 0 Å². The van der Waals surface area contributed by atoms with Crippen LogP contribution >= 0.6 is 0 Å². The number of hydrogen-bond acceptors (Lipinski definition) is 5. The molecule has 28 heavy (non-hydrogen) atoms. The van der Waals surface area contributed by atoms with E-state index >= 15 is 0 Å². The SMILES string of the molecule is O=C(c1ccc2[nH]cnc2c1)N1CCC[C@H]2c3cc(O)c([N+](=O)[O-])cc3C[C@H]21. The second kappa shape index (κ2) is 6.05. The monoisotopic (exact) mass is 378 g/mol. The number of likely N-dealkylation sites (tertiary alicyclic amines) is 1. The summed E-state index contributed by atoms with van der Waals surface area (Å²) in [4.78, 5) is 32.9. The number of aromatic amines is 1. The highest BCUT2D eigenvalue weighted by Crippen LogP contribution is 2.46. The van der Waals surface area contributed by atoms with Gasteiger partial charge >= 0.3 is 5.69 Å². The van der Waals surface area contributed by atoms with Crippen molar-refractivity contribution in [3.63, 3.8) is 0 Å². The number of carbonyl (C=O) groups is 1. The highest BCUT2D eigenvalue weighted by molar-refractivity contribution is 5.97. The number of imidazole rings is 1. The molecule has 2 aromatic carbocycles. The van der Waals surface area contributed by atoms with E-state index in [0.29, 0.717) is 18.5 Å². The minimum absolute atomic E-state index is 0.0486. The summed E-state index contributed by atoms with van der Waals surface area (Å²) in [5.41, 5.74) is 3.71. The quantitative estimate of drug-likeness (QED) is 0.525. The predicted molar refractivity (Wildman–Crippen MR) is 101 cm³/mol. The third-order valence-electron chi connectivity index (χ3n) is 5.97. The maximum atomic E-state index is 13.2. The van der Waals surface area contributed by atoms with Crippen molar-refractivity contribution in [1.29, 1.82) is 0 Å². The van der Waals surface area contributed by atoms with Crippen molar-refractivity contribution in [2.24, 2.45) is 0 Å². The molecule has 0 radical (unpaired) electrons. The van der Waals surface area contributed by atoms with E-state index < -0.39 is 4.92 Å². The summed E-state index contributed by atoms with van der Waals surface area (Å²) in [6, 6.07) is 8.36. The Morgan fingerprint density at radius 1 is 1.32 bits per heavy atom. The molecule has 0 unspecified atom stereocenters. The van der Waals surface area contributed by atoms with Crippen LogP contribution in [0.5, 0.6) is 5.75 Å². The van der Waals surface area contributed by atoms with E-state index in [2.05, 4.69) is 9.97 Å². The second-order valence-corrected chi connectivity index (χ2v) is 7.45. The first-order valence-electron chi connectivity index (χ1n) is 9.27. The third kappa shape index (κ3) is 2.45. The molecule has 3 aromatic rings. The first kappa shape index (κ1) is 16.7. The molecule has 142 valence electrons.